The van der Waals surface area contributed by atoms with Crippen LogP contribution in [0.3, 0.4) is 0 Å². The monoisotopic (exact) mass is 437 g/mol. The van der Waals surface area contributed by atoms with Crippen molar-refractivity contribution in [3.8, 4) is 11.5 Å². The van der Waals surface area contributed by atoms with Crippen LogP contribution in [0.4, 0.5) is 10.1 Å². The highest BCUT2D eigenvalue weighted by Crippen LogP contribution is 2.40. The first-order valence-corrected chi connectivity index (χ1v) is 9.17. The van der Waals surface area contributed by atoms with Crippen molar-refractivity contribution in [1.82, 2.24) is 0 Å². The molecular formula is C17H9BrFNO3S2. The minimum absolute atomic E-state index is 0.178. The lowest BCUT2D eigenvalue weighted by atomic mass is 10.2. The number of ether oxygens (including phenoxy) is 2. The van der Waals surface area contributed by atoms with Crippen LogP contribution < -0.4 is 14.4 Å². The summed E-state index contributed by atoms with van der Waals surface area (Å²) in [6, 6.07) is 9.25. The van der Waals surface area contributed by atoms with Crippen LogP contribution in [0, 0.1) is 5.82 Å². The normalized spacial score (nSPS) is 17.7. The van der Waals surface area contributed by atoms with Crippen molar-refractivity contribution in [3.63, 3.8) is 0 Å². The van der Waals surface area contributed by atoms with Gasteiger partial charge in [-0.05, 0) is 48.0 Å². The molecule has 2 aromatic rings. The van der Waals surface area contributed by atoms with Crippen molar-refractivity contribution in [2.75, 3.05) is 11.7 Å². The lowest BCUT2D eigenvalue weighted by Gasteiger charge is -2.14. The first-order chi connectivity index (χ1) is 12.0. The zero-order valence-electron chi connectivity index (χ0n) is 12.5. The third kappa shape index (κ3) is 3.05. The second kappa shape index (κ2) is 6.44. The number of benzene rings is 2. The van der Waals surface area contributed by atoms with Crippen LogP contribution in [-0.2, 0) is 4.79 Å². The molecule has 0 N–H and O–H groups in total. The van der Waals surface area contributed by atoms with Gasteiger partial charge in [-0.2, -0.15) is 0 Å². The maximum absolute atomic E-state index is 13.1. The summed E-state index contributed by atoms with van der Waals surface area (Å²) in [6.45, 7) is 0.178. The number of fused-ring (bicyclic) bond motifs is 1. The predicted octanol–water partition coefficient (Wildman–Crippen LogP) is 4.72. The van der Waals surface area contributed by atoms with Crippen LogP contribution in [0.1, 0.15) is 5.56 Å². The lowest BCUT2D eigenvalue weighted by molar-refractivity contribution is -0.113. The van der Waals surface area contributed by atoms with Gasteiger partial charge in [0, 0.05) is 4.47 Å². The Morgan fingerprint density at radius 2 is 1.88 bits per heavy atom. The number of amides is 1. The van der Waals surface area contributed by atoms with E-state index in [0.29, 0.717) is 26.4 Å². The Kier molecular flexibility index (Phi) is 4.26. The SMILES string of the molecule is O=C1/C(=C\c2cc3c(cc2Br)OCO3)SC(=S)N1c1ccc(F)cc1. The Labute approximate surface area is 160 Å². The Morgan fingerprint density at radius 3 is 2.60 bits per heavy atom. The van der Waals surface area contributed by atoms with E-state index in [4.69, 9.17) is 21.7 Å². The summed E-state index contributed by atoms with van der Waals surface area (Å²) in [5, 5.41) is 0. The standard InChI is InChI=1S/C17H9BrFNO3S2/c18-12-7-14-13(22-8-23-14)5-9(12)6-15-16(21)20(17(24)25-15)11-3-1-10(19)2-4-11/h1-7H,8H2/b15-6+. The van der Waals surface area contributed by atoms with Gasteiger partial charge in [-0.3, -0.25) is 9.69 Å². The topological polar surface area (TPSA) is 38.8 Å². The van der Waals surface area contributed by atoms with Crippen LogP contribution in [0.5, 0.6) is 11.5 Å². The molecule has 8 heteroatoms. The van der Waals surface area contributed by atoms with Crippen LogP contribution in [-0.4, -0.2) is 17.0 Å². The molecule has 25 heavy (non-hydrogen) atoms. The summed E-state index contributed by atoms with van der Waals surface area (Å²) in [5.41, 5.74) is 1.32. The minimum atomic E-state index is -0.367. The summed E-state index contributed by atoms with van der Waals surface area (Å²) < 4.78 is 25.0. The number of thiocarbonyl (C=S) groups is 1. The van der Waals surface area contributed by atoms with Gasteiger partial charge in [-0.25, -0.2) is 4.39 Å². The minimum Gasteiger partial charge on any atom is -0.454 e. The molecule has 2 aliphatic rings. The number of anilines is 1. The van der Waals surface area contributed by atoms with Crippen molar-refractivity contribution >= 4 is 61.9 Å². The van der Waals surface area contributed by atoms with Gasteiger partial charge in [0.15, 0.2) is 15.8 Å². The summed E-state index contributed by atoms with van der Waals surface area (Å²) in [6.07, 6.45) is 1.74. The van der Waals surface area contributed by atoms with Crippen LogP contribution in [0.2, 0.25) is 0 Å². The number of carbonyl (C=O) groups is 1. The molecule has 0 unspecified atom stereocenters. The van der Waals surface area contributed by atoms with E-state index in [9.17, 15) is 9.18 Å². The zero-order chi connectivity index (χ0) is 17.6. The number of rotatable bonds is 2. The van der Waals surface area contributed by atoms with Crippen LogP contribution in [0.25, 0.3) is 6.08 Å². The largest absolute Gasteiger partial charge is 0.454 e. The second-order valence-electron chi connectivity index (χ2n) is 5.22. The van der Waals surface area contributed by atoms with E-state index >= 15 is 0 Å². The molecule has 0 saturated carbocycles. The van der Waals surface area contributed by atoms with Gasteiger partial charge in [0.1, 0.15) is 5.82 Å². The highest BCUT2D eigenvalue weighted by Gasteiger charge is 2.33. The van der Waals surface area contributed by atoms with Crippen LogP contribution >= 0.6 is 39.9 Å². The van der Waals surface area contributed by atoms with E-state index in [1.54, 1.807) is 18.2 Å². The lowest BCUT2D eigenvalue weighted by Crippen LogP contribution is -2.27. The van der Waals surface area contributed by atoms with E-state index in [2.05, 4.69) is 15.9 Å². The number of halogens is 2. The third-order valence-electron chi connectivity index (χ3n) is 3.66. The van der Waals surface area contributed by atoms with E-state index in [0.717, 1.165) is 10.0 Å². The molecule has 1 amide bonds. The van der Waals surface area contributed by atoms with Crippen molar-refractivity contribution in [2.24, 2.45) is 0 Å². The summed E-state index contributed by atoms with van der Waals surface area (Å²) in [7, 11) is 0. The summed E-state index contributed by atoms with van der Waals surface area (Å²) in [4.78, 5) is 14.6. The molecule has 2 heterocycles. The molecule has 0 atom stereocenters. The van der Waals surface area contributed by atoms with Crippen molar-refractivity contribution in [3.05, 3.63) is 57.2 Å². The summed E-state index contributed by atoms with van der Waals surface area (Å²) >= 11 is 9.99. The second-order valence-corrected chi connectivity index (χ2v) is 7.75. The zero-order valence-corrected chi connectivity index (χ0v) is 15.7. The smallest absolute Gasteiger partial charge is 0.270 e. The first kappa shape index (κ1) is 16.6. The van der Waals surface area contributed by atoms with Gasteiger partial charge >= 0.3 is 0 Å². The number of hydrogen-bond acceptors (Lipinski definition) is 5. The van der Waals surface area contributed by atoms with Crippen LogP contribution in [0.15, 0.2) is 45.8 Å². The summed E-state index contributed by atoms with van der Waals surface area (Å²) in [5.74, 6) is 0.673. The molecule has 126 valence electrons. The van der Waals surface area contributed by atoms with Gasteiger partial charge in [0.25, 0.3) is 5.91 Å². The van der Waals surface area contributed by atoms with E-state index in [-0.39, 0.29) is 18.5 Å². The van der Waals surface area contributed by atoms with Gasteiger partial charge in [0.05, 0.1) is 10.6 Å². The molecule has 0 spiro atoms. The molecule has 1 saturated heterocycles. The highest BCUT2D eigenvalue weighted by atomic mass is 79.9. The molecule has 0 aliphatic carbocycles. The molecule has 0 bridgehead atoms. The molecule has 2 aliphatic heterocycles. The van der Waals surface area contributed by atoms with E-state index in [1.165, 1.54) is 40.9 Å². The highest BCUT2D eigenvalue weighted by molar-refractivity contribution is 9.10. The van der Waals surface area contributed by atoms with Crippen molar-refractivity contribution < 1.29 is 18.7 Å². The number of thioether (sulfide) groups is 1. The molecule has 0 radical (unpaired) electrons. The van der Waals surface area contributed by atoms with E-state index < -0.39 is 0 Å². The average molecular weight is 438 g/mol. The van der Waals surface area contributed by atoms with Gasteiger partial charge < -0.3 is 9.47 Å². The molecule has 0 aromatic heterocycles. The molecule has 1 fully saturated rings. The van der Waals surface area contributed by atoms with Gasteiger partial charge in [-0.15, -0.1) is 0 Å². The maximum Gasteiger partial charge on any atom is 0.270 e. The Hall–Kier alpha value is -1.90. The number of nitrogens with zero attached hydrogens (tertiary/aromatic N) is 1. The first-order valence-electron chi connectivity index (χ1n) is 7.15. The fourth-order valence-corrected chi connectivity index (χ4v) is 4.19. The third-order valence-corrected chi connectivity index (χ3v) is 5.65. The van der Waals surface area contributed by atoms with Gasteiger partial charge in [-0.1, -0.05) is 39.9 Å². The molecule has 4 rings (SSSR count). The quantitative estimate of drug-likeness (QED) is 0.501. The Bertz CT molecular complexity index is 930. The van der Waals surface area contributed by atoms with E-state index in [1.807, 2.05) is 0 Å². The number of hydrogen-bond donors (Lipinski definition) is 0. The van der Waals surface area contributed by atoms with Crippen molar-refractivity contribution in [1.29, 1.82) is 0 Å². The fourth-order valence-electron chi connectivity index (χ4n) is 2.47. The predicted molar refractivity (Wildman–Crippen MR) is 102 cm³/mol. The maximum atomic E-state index is 13.1. The van der Waals surface area contributed by atoms with Crippen molar-refractivity contribution in [2.45, 2.75) is 0 Å². The number of carbonyl (C=O) groups excluding carboxylic acids is 1. The average Bonchev–Trinajstić information content (AvgIpc) is 3.13. The molecule has 2 aromatic carbocycles. The fraction of sp³-hybridized carbons (Fsp3) is 0.0588. The molecular weight excluding hydrogens is 429 g/mol. The Balaban J connectivity index is 1.68. The van der Waals surface area contributed by atoms with Gasteiger partial charge in [0.2, 0.25) is 6.79 Å². The Morgan fingerprint density at radius 1 is 1.20 bits per heavy atom. The molecule has 4 nitrogen and oxygen atoms in total.